The summed E-state index contributed by atoms with van der Waals surface area (Å²) in [7, 11) is 0. The van der Waals surface area contributed by atoms with Crippen molar-refractivity contribution in [2.75, 3.05) is 5.73 Å². The van der Waals surface area contributed by atoms with Crippen LogP contribution in [-0.2, 0) is 0 Å². The maximum atomic E-state index is 13.1. The number of aromatic nitrogens is 2. The molecule has 0 radical (unpaired) electrons. The van der Waals surface area contributed by atoms with Gasteiger partial charge in [-0.1, -0.05) is 0 Å². The molecule has 17 heavy (non-hydrogen) atoms. The Balaban J connectivity index is 2.62. The summed E-state index contributed by atoms with van der Waals surface area (Å²) in [6.45, 7) is 0. The minimum atomic E-state index is -1.11. The Morgan fingerprint density at radius 3 is 2.71 bits per heavy atom. The normalized spacial score (nSPS) is 10.4. The van der Waals surface area contributed by atoms with E-state index in [1.54, 1.807) is 0 Å². The number of anilines is 1. The lowest BCUT2D eigenvalue weighted by molar-refractivity contribution is -0.387. The van der Waals surface area contributed by atoms with Crippen molar-refractivity contribution in [3.05, 3.63) is 34.1 Å². The van der Waals surface area contributed by atoms with Crippen LogP contribution in [0.4, 0.5) is 15.9 Å². The minimum Gasteiger partial charge on any atom is -0.507 e. The molecule has 0 aliphatic heterocycles. The van der Waals surface area contributed by atoms with E-state index in [1.165, 1.54) is 6.07 Å². The Hall–Kier alpha value is -2.64. The van der Waals surface area contributed by atoms with Crippen LogP contribution < -0.4 is 5.73 Å². The molecular formula is C9H7FN4O3. The number of nitro benzene ring substituents is 1. The van der Waals surface area contributed by atoms with Crippen molar-refractivity contribution in [1.82, 2.24) is 10.2 Å². The molecule has 0 saturated heterocycles. The third-order valence-corrected chi connectivity index (χ3v) is 2.15. The van der Waals surface area contributed by atoms with Gasteiger partial charge in [0.25, 0.3) is 0 Å². The highest BCUT2D eigenvalue weighted by Crippen LogP contribution is 2.33. The lowest BCUT2D eigenvalue weighted by Crippen LogP contribution is -1.93. The van der Waals surface area contributed by atoms with Gasteiger partial charge in [-0.25, -0.2) is 0 Å². The summed E-state index contributed by atoms with van der Waals surface area (Å²) < 4.78 is 13.1. The van der Waals surface area contributed by atoms with Crippen LogP contribution in [0.25, 0.3) is 11.3 Å². The number of nitrogens with zero attached hydrogens (tertiary/aromatic N) is 2. The Kier molecular flexibility index (Phi) is 2.39. The van der Waals surface area contributed by atoms with Crippen LogP contribution in [0.2, 0.25) is 0 Å². The molecule has 1 aromatic carbocycles. The van der Waals surface area contributed by atoms with Crippen molar-refractivity contribution in [3.8, 4) is 17.0 Å². The monoisotopic (exact) mass is 238 g/mol. The van der Waals surface area contributed by atoms with Gasteiger partial charge in [0.05, 0.1) is 10.6 Å². The number of hydrogen-bond donors (Lipinski definition) is 3. The molecule has 88 valence electrons. The third kappa shape index (κ3) is 1.87. The fourth-order valence-electron chi connectivity index (χ4n) is 1.38. The van der Waals surface area contributed by atoms with E-state index in [2.05, 4.69) is 10.2 Å². The first-order valence-electron chi connectivity index (χ1n) is 4.47. The number of phenols is 1. The number of halogens is 1. The SMILES string of the molecule is Nc1cc(-c2cc([N+](=O)[O-])c(F)cc2O)[nH]n1. The van der Waals surface area contributed by atoms with Gasteiger partial charge in [0.2, 0.25) is 5.82 Å². The number of aromatic hydroxyl groups is 1. The summed E-state index contributed by atoms with van der Waals surface area (Å²) in [5, 5.41) is 26.1. The molecule has 0 saturated carbocycles. The molecule has 0 bridgehead atoms. The van der Waals surface area contributed by atoms with E-state index in [1.807, 2.05) is 0 Å². The van der Waals surface area contributed by atoms with E-state index in [0.717, 1.165) is 6.07 Å². The van der Waals surface area contributed by atoms with E-state index in [9.17, 15) is 19.6 Å². The number of H-pyrrole nitrogens is 1. The average molecular weight is 238 g/mol. The molecule has 2 rings (SSSR count). The van der Waals surface area contributed by atoms with Crippen LogP contribution in [-0.4, -0.2) is 20.2 Å². The molecule has 2 aromatic rings. The number of nitrogens with one attached hydrogen (secondary N) is 1. The number of nitrogens with two attached hydrogens (primary N) is 1. The molecule has 0 aliphatic rings. The van der Waals surface area contributed by atoms with Gasteiger partial charge in [0.15, 0.2) is 0 Å². The van der Waals surface area contributed by atoms with Gasteiger partial charge in [-0.3, -0.25) is 15.2 Å². The second kappa shape index (κ2) is 3.74. The molecule has 0 atom stereocenters. The molecule has 4 N–H and O–H groups in total. The molecule has 1 aromatic heterocycles. The van der Waals surface area contributed by atoms with Crippen molar-refractivity contribution < 1.29 is 14.4 Å². The Bertz CT molecular complexity index is 596. The van der Waals surface area contributed by atoms with Crippen molar-refractivity contribution in [2.24, 2.45) is 0 Å². The number of aromatic amines is 1. The second-order valence-corrected chi connectivity index (χ2v) is 3.28. The number of nitro groups is 1. The summed E-state index contributed by atoms with van der Waals surface area (Å²) >= 11 is 0. The summed E-state index contributed by atoms with van der Waals surface area (Å²) in [5.41, 5.74) is 4.96. The quantitative estimate of drug-likeness (QED) is 0.540. The van der Waals surface area contributed by atoms with Crippen LogP contribution in [0.5, 0.6) is 5.75 Å². The predicted octanol–water partition coefficient (Wildman–Crippen LogP) is 1.41. The highest BCUT2D eigenvalue weighted by Gasteiger charge is 2.19. The zero-order valence-electron chi connectivity index (χ0n) is 8.35. The van der Waals surface area contributed by atoms with Gasteiger partial charge in [-0.15, -0.1) is 0 Å². The van der Waals surface area contributed by atoms with Gasteiger partial charge < -0.3 is 10.8 Å². The number of nitrogen functional groups attached to an aromatic ring is 1. The zero-order valence-corrected chi connectivity index (χ0v) is 8.35. The van der Waals surface area contributed by atoms with Crippen LogP contribution >= 0.6 is 0 Å². The summed E-state index contributed by atoms with van der Waals surface area (Å²) in [6, 6.07) is 2.96. The summed E-state index contributed by atoms with van der Waals surface area (Å²) in [4.78, 5) is 9.68. The molecule has 0 amide bonds. The molecule has 1 heterocycles. The van der Waals surface area contributed by atoms with E-state index in [0.29, 0.717) is 6.07 Å². The molecule has 8 heteroatoms. The van der Waals surface area contributed by atoms with Crippen molar-refractivity contribution >= 4 is 11.5 Å². The topological polar surface area (TPSA) is 118 Å². The van der Waals surface area contributed by atoms with Crippen LogP contribution in [0.3, 0.4) is 0 Å². The Labute approximate surface area is 93.8 Å². The van der Waals surface area contributed by atoms with Gasteiger partial charge in [-0.05, 0) is 0 Å². The number of phenolic OH excluding ortho intramolecular Hbond substituents is 1. The highest BCUT2D eigenvalue weighted by atomic mass is 19.1. The molecule has 0 spiro atoms. The summed E-state index contributed by atoms with van der Waals surface area (Å²) in [5.74, 6) is -1.38. The largest absolute Gasteiger partial charge is 0.507 e. The van der Waals surface area contributed by atoms with E-state index < -0.39 is 22.2 Å². The van der Waals surface area contributed by atoms with Gasteiger partial charge in [0.1, 0.15) is 11.6 Å². The standard InChI is InChI=1S/C9H7FN4O3/c10-5-2-8(15)4(1-7(5)14(16)17)6-3-9(11)13-12-6/h1-3,15H,(H3,11,12,13). The number of benzene rings is 1. The van der Waals surface area contributed by atoms with E-state index >= 15 is 0 Å². The Morgan fingerprint density at radius 1 is 1.47 bits per heavy atom. The van der Waals surface area contributed by atoms with Gasteiger partial charge in [-0.2, -0.15) is 9.49 Å². The third-order valence-electron chi connectivity index (χ3n) is 2.15. The smallest absolute Gasteiger partial charge is 0.305 e. The van der Waals surface area contributed by atoms with Crippen molar-refractivity contribution in [2.45, 2.75) is 0 Å². The number of rotatable bonds is 2. The average Bonchev–Trinajstić information content (AvgIpc) is 2.64. The lowest BCUT2D eigenvalue weighted by atomic mass is 10.1. The summed E-state index contributed by atoms with van der Waals surface area (Å²) in [6.07, 6.45) is 0. The fraction of sp³-hybridized carbons (Fsp3) is 0. The first kappa shape index (κ1) is 10.9. The minimum absolute atomic E-state index is 0.0577. The van der Waals surface area contributed by atoms with Crippen LogP contribution in [0.15, 0.2) is 18.2 Å². The van der Waals surface area contributed by atoms with E-state index in [4.69, 9.17) is 5.73 Å². The first-order valence-corrected chi connectivity index (χ1v) is 4.47. The lowest BCUT2D eigenvalue weighted by Gasteiger charge is -2.02. The zero-order chi connectivity index (χ0) is 12.6. The molecule has 0 aliphatic carbocycles. The fourth-order valence-corrected chi connectivity index (χ4v) is 1.38. The van der Waals surface area contributed by atoms with Crippen LogP contribution in [0, 0.1) is 15.9 Å². The Morgan fingerprint density at radius 2 is 2.18 bits per heavy atom. The van der Waals surface area contributed by atoms with Gasteiger partial charge in [0, 0.05) is 23.8 Å². The first-order chi connectivity index (χ1) is 7.99. The maximum absolute atomic E-state index is 13.1. The number of hydrogen-bond acceptors (Lipinski definition) is 5. The van der Waals surface area contributed by atoms with Gasteiger partial charge >= 0.3 is 5.69 Å². The van der Waals surface area contributed by atoms with Crippen molar-refractivity contribution in [3.63, 3.8) is 0 Å². The second-order valence-electron chi connectivity index (χ2n) is 3.28. The van der Waals surface area contributed by atoms with Crippen LogP contribution in [0.1, 0.15) is 0 Å². The molecule has 7 nitrogen and oxygen atoms in total. The maximum Gasteiger partial charge on any atom is 0.305 e. The molecule has 0 fully saturated rings. The highest BCUT2D eigenvalue weighted by molar-refractivity contribution is 5.71. The van der Waals surface area contributed by atoms with Crippen molar-refractivity contribution in [1.29, 1.82) is 0 Å². The van der Waals surface area contributed by atoms with E-state index in [-0.39, 0.29) is 17.1 Å². The molecular weight excluding hydrogens is 231 g/mol. The predicted molar refractivity (Wildman–Crippen MR) is 56.7 cm³/mol. The molecule has 0 unspecified atom stereocenters.